The molecule has 8 nitrogen and oxygen atoms in total. The first-order valence-electron chi connectivity index (χ1n) is 8.18. The molecule has 0 spiro atoms. The van der Waals surface area contributed by atoms with Gasteiger partial charge in [-0.05, 0) is 25.1 Å². The molecule has 0 bridgehead atoms. The van der Waals surface area contributed by atoms with Crippen LogP contribution in [-0.2, 0) is 4.79 Å². The number of aromatic nitrogens is 2. The number of carbonyl (C=O) groups excluding carboxylic acids is 1. The maximum atomic E-state index is 12.3. The maximum absolute atomic E-state index is 12.3. The number of hydrogen-bond donors (Lipinski definition) is 1. The number of anilines is 1. The summed E-state index contributed by atoms with van der Waals surface area (Å²) >= 11 is 6.18. The summed E-state index contributed by atoms with van der Waals surface area (Å²) in [4.78, 5) is 32.1. The van der Waals surface area contributed by atoms with Crippen LogP contribution >= 0.6 is 11.6 Å². The lowest BCUT2D eigenvalue weighted by atomic mass is 9.94. The number of nitrogens with one attached hydrogen (secondary N) is 1. The molecule has 1 aromatic heterocycles. The van der Waals surface area contributed by atoms with Crippen molar-refractivity contribution in [3.05, 3.63) is 69.9 Å². The van der Waals surface area contributed by atoms with Crippen LogP contribution in [0.25, 0.3) is 11.0 Å². The molecular formula is C18H14ClN5O3. The molecule has 27 heavy (non-hydrogen) atoms. The molecule has 1 amide bonds. The molecular weight excluding hydrogens is 370 g/mol. The number of nitro benzene ring substituents is 1. The number of para-hydroxylation sites is 3. The highest BCUT2D eigenvalue weighted by atomic mass is 35.5. The molecule has 0 aliphatic carbocycles. The Labute approximate surface area is 158 Å². The van der Waals surface area contributed by atoms with E-state index in [1.165, 1.54) is 11.1 Å². The zero-order valence-electron chi connectivity index (χ0n) is 14.2. The second-order valence-corrected chi connectivity index (χ2v) is 6.60. The van der Waals surface area contributed by atoms with Gasteiger partial charge < -0.3 is 0 Å². The molecule has 1 N–H and O–H groups in total. The summed E-state index contributed by atoms with van der Waals surface area (Å²) in [6, 6.07) is 12.9. The third-order valence-electron chi connectivity index (χ3n) is 4.45. The molecule has 2 heterocycles. The fourth-order valence-corrected chi connectivity index (χ4v) is 3.44. The van der Waals surface area contributed by atoms with E-state index in [4.69, 9.17) is 11.6 Å². The Morgan fingerprint density at radius 2 is 1.74 bits per heavy atom. The van der Waals surface area contributed by atoms with E-state index in [1.807, 2.05) is 24.3 Å². The van der Waals surface area contributed by atoms with Gasteiger partial charge in [-0.25, -0.2) is 15.0 Å². The van der Waals surface area contributed by atoms with E-state index in [0.29, 0.717) is 22.6 Å². The van der Waals surface area contributed by atoms with Crippen LogP contribution in [0.5, 0.6) is 0 Å². The largest absolute Gasteiger partial charge is 0.277 e. The minimum atomic E-state index is -0.896. The molecule has 3 aromatic rings. The first-order valence-corrected chi connectivity index (χ1v) is 8.61. The van der Waals surface area contributed by atoms with E-state index in [2.05, 4.69) is 15.4 Å². The van der Waals surface area contributed by atoms with Crippen LogP contribution in [-0.4, -0.2) is 31.2 Å². The molecule has 2 atom stereocenters. The molecule has 4 rings (SSSR count). The molecule has 0 saturated carbocycles. The van der Waals surface area contributed by atoms with Gasteiger partial charge in [-0.3, -0.25) is 20.3 Å². The number of rotatable bonds is 4. The molecule has 2 aromatic carbocycles. The third kappa shape index (κ3) is 2.83. The lowest BCUT2D eigenvalue weighted by molar-refractivity contribution is -0.386. The average molecular weight is 384 g/mol. The van der Waals surface area contributed by atoms with Gasteiger partial charge in [0.25, 0.3) is 11.6 Å². The van der Waals surface area contributed by atoms with Crippen LogP contribution in [0.3, 0.4) is 0 Å². The Kier molecular flexibility index (Phi) is 4.12. The smallest absolute Gasteiger partial charge is 0.274 e. The maximum Gasteiger partial charge on any atom is 0.274 e. The Morgan fingerprint density at radius 1 is 1.11 bits per heavy atom. The van der Waals surface area contributed by atoms with Crippen LogP contribution in [0.4, 0.5) is 11.5 Å². The molecule has 1 aliphatic rings. The van der Waals surface area contributed by atoms with Gasteiger partial charge in [-0.15, -0.1) is 11.6 Å². The van der Waals surface area contributed by atoms with Crippen molar-refractivity contribution in [2.24, 2.45) is 0 Å². The Morgan fingerprint density at radius 3 is 2.44 bits per heavy atom. The van der Waals surface area contributed by atoms with Gasteiger partial charge in [0, 0.05) is 6.07 Å². The topological polar surface area (TPSA) is 101 Å². The van der Waals surface area contributed by atoms with Crippen molar-refractivity contribution in [2.45, 2.75) is 18.3 Å². The normalized spacial score (nSPS) is 19.0. The third-order valence-corrected chi connectivity index (χ3v) is 4.88. The van der Waals surface area contributed by atoms with E-state index in [-0.39, 0.29) is 11.6 Å². The number of amides is 1. The van der Waals surface area contributed by atoms with Gasteiger partial charge in [0.1, 0.15) is 11.4 Å². The summed E-state index contributed by atoms with van der Waals surface area (Å²) in [7, 11) is 0. The number of alkyl halides is 1. The minimum Gasteiger partial charge on any atom is -0.277 e. The molecule has 1 aliphatic heterocycles. The van der Waals surface area contributed by atoms with Gasteiger partial charge in [-0.1, -0.05) is 24.3 Å². The summed E-state index contributed by atoms with van der Waals surface area (Å²) in [5.74, 6) is 0.0170. The molecule has 2 unspecified atom stereocenters. The van der Waals surface area contributed by atoms with Gasteiger partial charge in [0.2, 0.25) is 0 Å². The summed E-state index contributed by atoms with van der Waals surface area (Å²) in [6.07, 6.45) is 0. The van der Waals surface area contributed by atoms with Crippen LogP contribution < -0.4 is 5.43 Å². The number of hydrazine groups is 1. The highest BCUT2D eigenvalue weighted by molar-refractivity contribution is 6.33. The van der Waals surface area contributed by atoms with Gasteiger partial charge in [-0.2, -0.15) is 0 Å². The van der Waals surface area contributed by atoms with E-state index < -0.39 is 16.3 Å². The van der Waals surface area contributed by atoms with Crippen molar-refractivity contribution >= 4 is 40.0 Å². The van der Waals surface area contributed by atoms with Crippen LogP contribution in [0.1, 0.15) is 17.3 Å². The zero-order chi connectivity index (χ0) is 19.1. The quantitative estimate of drug-likeness (QED) is 0.321. The predicted molar refractivity (Wildman–Crippen MR) is 100 cm³/mol. The Balaban J connectivity index is 1.70. The van der Waals surface area contributed by atoms with Crippen molar-refractivity contribution in [1.82, 2.24) is 15.0 Å². The summed E-state index contributed by atoms with van der Waals surface area (Å²) in [5, 5.41) is 11.7. The summed E-state index contributed by atoms with van der Waals surface area (Å²) in [5.41, 5.74) is 5.21. The number of fused-ring (bicyclic) bond motifs is 1. The predicted octanol–water partition coefficient (Wildman–Crippen LogP) is 3.36. The number of β-lactam (4-membered cyclic amide) rings is 1. The zero-order valence-corrected chi connectivity index (χ0v) is 14.9. The number of aryl methyl sites for hydroxylation is 1. The first kappa shape index (κ1) is 17.2. The average Bonchev–Trinajstić information content (AvgIpc) is 2.67. The van der Waals surface area contributed by atoms with E-state index >= 15 is 0 Å². The summed E-state index contributed by atoms with van der Waals surface area (Å²) in [6.45, 7) is 1.77. The number of benzene rings is 2. The Hall–Kier alpha value is -3.26. The van der Waals surface area contributed by atoms with Crippen molar-refractivity contribution in [1.29, 1.82) is 0 Å². The van der Waals surface area contributed by atoms with E-state index in [1.54, 1.807) is 25.1 Å². The lowest BCUT2D eigenvalue weighted by Crippen LogP contribution is -2.58. The molecule has 1 saturated heterocycles. The number of halogens is 1. The fraction of sp³-hybridized carbons (Fsp3) is 0.167. The minimum absolute atomic E-state index is 0.0891. The van der Waals surface area contributed by atoms with Gasteiger partial charge >= 0.3 is 0 Å². The number of nitrogens with zero attached hydrogens (tertiary/aromatic N) is 4. The van der Waals surface area contributed by atoms with Crippen LogP contribution in [0, 0.1) is 17.0 Å². The molecule has 9 heteroatoms. The molecule has 1 fully saturated rings. The van der Waals surface area contributed by atoms with Crippen LogP contribution in [0.2, 0.25) is 0 Å². The number of hydrogen-bond acceptors (Lipinski definition) is 6. The number of carbonyl (C=O) groups is 1. The van der Waals surface area contributed by atoms with Crippen molar-refractivity contribution < 1.29 is 9.72 Å². The Bertz CT molecular complexity index is 1070. The highest BCUT2D eigenvalue weighted by Gasteiger charge is 2.50. The lowest BCUT2D eigenvalue weighted by Gasteiger charge is -2.43. The molecule has 0 radical (unpaired) electrons. The van der Waals surface area contributed by atoms with Crippen molar-refractivity contribution in [3.63, 3.8) is 0 Å². The molecule has 136 valence electrons. The first-order chi connectivity index (χ1) is 13.0. The fourth-order valence-electron chi connectivity index (χ4n) is 3.09. The SMILES string of the molecule is Cc1nc2ccccc2nc1NN1C(=O)C(Cl)C1c1ccccc1[N+](=O)[O-]. The monoisotopic (exact) mass is 383 g/mol. The van der Waals surface area contributed by atoms with E-state index in [9.17, 15) is 14.9 Å². The van der Waals surface area contributed by atoms with Gasteiger partial charge in [0.05, 0.1) is 27.2 Å². The van der Waals surface area contributed by atoms with E-state index in [0.717, 1.165) is 5.52 Å². The van der Waals surface area contributed by atoms with Gasteiger partial charge in [0.15, 0.2) is 5.82 Å². The highest BCUT2D eigenvalue weighted by Crippen LogP contribution is 2.42. The standard InChI is InChI=1S/C18H14ClN5O3/c1-10-17(21-13-8-4-3-7-12(13)20-10)22-23-16(15(19)18(23)25)11-6-2-5-9-14(11)24(26)27/h2-9,15-16H,1H3,(H,21,22). The second-order valence-electron chi connectivity index (χ2n) is 6.13. The second kappa shape index (κ2) is 6.48. The van der Waals surface area contributed by atoms with Crippen molar-refractivity contribution in [3.8, 4) is 0 Å². The number of nitro groups is 1. The van der Waals surface area contributed by atoms with Crippen molar-refractivity contribution in [2.75, 3.05) is 5.43 Å². The van der Waals surface area contributed by atoms with Crippen LogP contribution in [0.15, 0.2) is 48.5 Å². The summed E-state index contributed by atoms with van der Waals surface area (Å²) < 4.78 is 0.